The van der Waals surface area contributed by atoms with Gasteiger partial charge in [0.15, 0.2) is 0 Å². The summed E-state index contributed by atoms with van der Waals surface area (Å²) in [7, 11) is 0. The highest BCUT2D eigenvalue weighted by atomic mass is 16.6. The van der Waals surface area contributed by atoms with Gasteiger partial charge in [-0.2, -0.15) is 0 Å². The van der Waals surface area contributed by atoms with E-state index in [9.17, 15) is 4.79 Å². The van der Waals surface area contributed by atoms with Crippen molar-refractivity contribution < 1.29 is 14.3 Å². The average Bonchev–Trinajstić information content (AvgIpc) is 2.56. The second-order valence-electron chi connectivity index (χ2n) is 8.82. The third-order valence-corrected chi connectivity index (χ3v) is 6.58. The van der Waals surface area contributed by atoms with Gasteiger partial charge in [-0.05, 0) is 39.0 Å². The van der Waals surface area contributed by atoms with E-state index in [1.807, 2.05) is 13.8 Å². The number of amides is 1. The molecule has 1 amide bonds. The molecule has 0 aromatic carbocycles. The molecule has 1 aliphatic heterocycles. The fourth-order valence-electron chi connectivity index (χ4n) is 4.90. The van der Waals surface area contributed by atoms with Crippen LogP contribution in [0, 0.1) is 23.2 Å². The van der Waals surface area contributed by atoms with Crippen LogP contribution in [0.4, 0.5) is 4.79 Å². The van der Waals surface area contributed by atoms with Crippen molar-refractivity contribution in [3.8, 4) is 0 Å². The monoisotopic (exact) mass is 365 g/mol. The highest BCUT2D eigenvalue weighted by Gasteiger charge is 2.53. The van der Waals surface area contributed by atoms with Crippen molar-refractivity contribution in [2.24, 2.45) is 23.2 Å². The SMILES string of the molecule is CCCCCC[C@H]1OC[C@@]2(COC(=O)NC(C)C)[C@H](C)C=C(C)[C@@H]1[C@H]2C. The molecule has 0 aromatic heterocycles. The van der Waals surface area contributed by atoms with Crippen LogP contribution in [0.5, 0.6) is 0 Å². The zero-order chi connectivity index (χ0) is 19.3. The van der Waals surface area contributed by atoms with Gasteiger partial charge in [-0.1, -0.05) is 58.1 Å². The molecule has 2 bridgehead atoms. The van der Waals surface area contributed by atoms with E-state index in [1.54, 1.807) is 0 Å². The van der Waals surface area contributed by atoms with E-state index in [4.69, 9.17) is 9.47 Å². The zero-order valence-corrected chi connectivity index (χ0v) is 17.6. The van der Waals surface area contributed by atoms with Crippen molar-refractivity contribution in [2.75, 3.05) is 13.2 Å². The predicted molar refractivity (Wildman–Crippen MR) is 106 cm³/mol. The number of fused-ring (bicyclic) bond motifs is 2. The van der Waals surface area contributed by atoms with Crippen LogP contribution in [0.1, 0.15) is 73.6 Å². The molecule has 2 aliphatic rings. The standard InChI is InChI=1S/C22H39NO3/c1-7-8-9-10-11-19-20-16(4)12-17(5)22(13-25-19,18(20)6)14-26-21(24)23-15(2)3/h12,15,17-20H,7-11,13-14H2,1-6H3,(H,23,24)/t17-,18-,19-,20-,22-/m1/s1. The topological polar surface area (TPSA) is 47.6 Å². The normalized spacial score (nSPS) is 33.7. The molecule has 0 unspecified atom stereocenters. The Morgan fingerprint density at radius 2 is 2.08 bits per heavy atom. The molecular formula is C22H39NO3. The van der Waals surface area contributed by atoms with Crippen LogP contribution in [0.15, 0.2) is 11.6 Å². The second-order valence-corrected chi connectivity index (χ2v) is 8.82. The van der Waals surface area contributed by atoms with Gasteiger partial charge in [0.2, 0.25) is 0 Å². The molecule has 4 heteroatoms. The minimum absolute atomic E-state index is 0.0891. The molecular weight excluding hydrogens is 326 g/mol. The first kappa shape index (κ1) is 21.3. The number of hydrogen-bond acceptors (Lipinski definition) is 3. The summed E-state index contributed by atoms with van der Waals surface area (Å²) in [5.74, 6) is 1.25. The maximum atomic E-state index is 12.0. The van der Waals surface area contributed by atoms with Gasteiger partial charge in [0.1, 0.15) is 6.61 Å². The smallest absolute Gasteiger partial charge is 0.407 e. The number of nitrogens with one attached hydrogen (secondary N) is 1. The first-order valence-electron chi connectivity index (χ1n) is 10.5. The van der Waals surface area contributed by atoms with Gasteiger partial charge in [0.05, 0.1) is 12.7 Å². The van der Waals surface area contributed by atoms with Crippen LogP contribution >= 0.6 is 0 Å². The molecule has 1 fully saturated rings. The minimum atomic E-state index is -0.321. The van der Waals surface area contributed by atoms with Crippen LogP contribution < -0.4 is 5.32 Å². The van der Waals surface area contributed by atoms with Crippen molar-refractivity contribution in [3.63, 3.8) is 0 Å². The predicted octanol–water partition coefficient (Wildman–Crippen LogP) is 5.32. The van der Waals surface area contributed by atoms with Gasteiger partial charge < -0.3 is 14.8 Å². The number of unbranched alkanes of at least 4 members (excludes halogenated alkanes) is 3. The summed E-state index contributed by atoms with van der Waals surface area (Å²) in [6, 6.07) is 0.0891. The summed E-state index contributed by atoms with van der Waals surface area (Å²) in [6.45, 7) is 14.1. The number of carbonyl (C=O) groups excluding carboxylic acids is 1. The van der Waals surface area contributed by atoms with Crippen LogP contribution in [-0.2, 0) is 9.47 Å². The van der Waals surface area contributed by atoms with Gasteiger partial charge in [-0.25, -0.2) is 4.79 Å². The van der Waals surface area contributed by atoms with Crippen molar-refractivity contribution in [3.05, 3.63) is 11.6 Å². The summed E-state index contributed by atoms with van der Waals surface area (Å²) in [4.78, 5) is 12.0. The van der Waals surface area contributed by atoms with E-state index < -0.39 is 0 Å². The minimum Gasteiger partial charge on any atom is -0.449 e. The highest BCUT2D eigenvalue weighted by Crippen LogP contribution is 2.53. The number of hydrogen-bond donors (Lipinski definition) is 1. The third kappa shape index (κ3) is 4.62. The summed E-state index contributed by atoms with van der Waals surface area (Å²) < 4.78 is 12.0. The molecule has 0 radical (unpaired) electrons. The molecule has 1 aliphatic carbocycles. The molecule has 0 spiro atoms. The van der Waals surface area contributed by atoms with E-state index in [2.05, 4.69) is 39.1 Å². The maximum Gasteiger partial charge on any atom is 0.407 e. The Balaban J connectivity index is 2.06. The number of alkyl carbamates (subject to hydrolysis) is 1. The fourth-order valence-corrected chi connectivity index (χ4v) is 4.90. The number of allylic oxidation sites excluding steroid dienone is 1. The van der Waals surface area contributed by atoms with Gasteiger partial charge in [-0.3, -0.25) is 0 Å². The Morgan fingerprint density at radius 3 is 2.73 bits per heavy atom. The Kier molecular flexibility index (Phi) is 7.57. The zero-order valence-electron chi connectivity index (χ0n) is 17.6. The quantitative estimate of drug-likeness (QED) is 0.467. The van der Waals surface area contributed by atoms with Gasteiger partial charge in [0, 0.05) is 17.4 Å². The summed E-state index contributed by atoms with van der Waals surface area (Å²) in [5.41, 5.74) is 1.34. The van der Waals surface area contributed by atoms with Gasteiger partial charge in [-0.15, -0.1) is 0 Å². The first-order chi connectivity index (χ1) is 12.3. The molecule has 1 saturated heterocycles. The molecule has 5 atom stereocenters. The average molecular weight is 366 g/mol. The van der Waals surface area contributed by atoms with Crippen molar-refractivity contribution in [1.82, 2.24) is 5.32 Å². The second kappa shape index (κ2) is 9.25. The summed E-state index contributed by atoms with van der Waals surface area (Å²) >= 11 is 0. The molecule has 150 valence electrons. The fraction of sp³-hybridized carbons (Fsp3) is 0.864. The number of rotatable bonds is 8. The van der Waals surface area contributed by atoms with E-state index in [0.29, 0.717) is 37.1 Å². The van der Waals surface area contributed by atoms with Crippen LogP contribution in [0.2, 0.25) is 0 Å². The Hall–Kier alpha value is -1.03. The lowest BCUT2D eigenvalue weighted by molar-refractivity contribution is -0.165. The molecule has 2 rings (SSSR count). The Morgan fingerprint density at radius 1 is 1.35 bits per heavy atom. The number of carbonyl (C=O) groups is 1. The number of ether oxygens (including phenoxy) is 2. The van der Waals surface area contributed by atoms with E-state index in [-0.39, 0.29) is 17.6 Å². The molecule has 1 N–H and O–H groups in total. The third-order valence-electron chi connectivity index (χ3n) is 6.58. The molecule has 26 heavy (non-hydrogen) atoms. The lowest BCUT2D eigenvalue weighted by Crippen LogP contribution is -2.57. The largest absolute Gasteiger partial charge is 0.449 e. The molecule has 0 saturated carbocycles. The Bertz CT molecular complexity index is 502. The maximum absolute atomic E-state index is 12.0. The highest BCUT2D eigenvalue weighted by molar-refractivity contribution is 5.67. The van der Waals surface area contributed by atoms with Crippen molar-refractivity contribution in [2.45, 2.75) is 85.8 Å². The lowest BCUT2D eigenvalue weighted by atomic mass is 9.56. The summed E-state index contributed by atoms with van der Waals surface area (Å²) in [5, 5.41) is 2.82. The van der Waals surface area contributed by atoms with Crippen molar-refractivity contribution >= 4 is 6.09 Å². The summed E-state index contributed by atoms with van der Waals surface area (Å²) in [6.07, 6.45) is 8.63. The van der Waals surface area contributed by atoms with Gasteiger partial charge in [0.25, 0.3) is 0 Å². The van der Waals surface area contributed by atoms with Crippen molar-refractivity contribution in [1.29, 1.82) is 0 Å². The van der Waals surface area contributed by atoms with E-state index >= 15 is 0 Å². The molecule has 1 heterocycles. The van der Waals surface area contributed by atoms with Crippen LogP contribution in [0.3, 0.4) is 0 Å². The van der Waals surface area contributed by atoms with Crippen LogP contribution in [-0.4, -0.2) is 31.5 Å². The molecule has 4 nitrogen and oxygen atoms in total. The van der Waals surface area contributed by atoms with E-state index in [1.165, 1.54) is 31.3 Å². The van der Waals surface area contributed by atoms with Crippen LogP contribution in [0.25, 0.3) is 0 Å². The van der Waals surface area contributed by atoms with Gasteiger partial charge >= 0.3 is 6.09 Å². The Labute approximate surface area is 160 Å². The first-order valence-corrected chi connectivity index (χ1v) is 10.5. The lowest BCUT2D eigenvalue weighted by Gasteiger charge is -2.55. The van der Waals surface area contributed by atoms with E-state index in [0.717, 1.165) is 6.42 Å². The molecule has 0 aromatic rings.